The fourth-order valence-electron chi connectivity index (χ4n) is 3.84. The highest BCUT2D eigenvalue weighted by Gasteiger charge is 2.21. The van der Waals surface area contributed by atoms with Gasteiger partial charge in [0, 0.05) is 50.9 Å². The Labute approximate surface area is 190 Å². The van der Waals surface area contributed by atoms with Crippen LogP contribution in [0.25, 0.3) is 10.8 Å². The lowest BCUT2D eigenvalue weighted by molar-refractivity contribution is -0.385. The van der Waals surface area contributed by atoms with Crippen molar-refractivity contribution in [3.05, 3.63) is 88.0 Å². The number of hydrogen-bond acceptors (Lipinski definition) is 6. The minimum absolute atomic E-state index is 0.218. The van der Waals surface area contributed by atoms with Crippen LogP contribution in [-0.4, -0.2) is 63.1 Å². The fourth-order valence-corrected chi connectivity index (χ4v) is 3.84. The Balaban J connectivity index is 0.000000454. The number of nitro benzene ring substituents is 1. The van der Waals surface area contributed by atoms with Crippen molar-refractivity contribution in [3.63, 3.8) is 0 Å². The molecule has 9 nitrogen and oxygen atoms in total. The number of rotatable bonds is 5. The summed E-state index contributed by atoms with van der Waals surface area (Å²) in [6, 6.07) is 22.1. The van der Waals surface area contributed by atoms with Crippen LogP contribution in [-0.2, 0) is 22.7 Å². The molecule has 0 spiro atoms. The molecule has 0 radical (unpaired) electrons. The van der Waals surface area contributed by atoms with E-state index in [4.69, 9.17) is 19.8 Å². The number of nitro groups is 1. The van der Waals surface area contributed by atoms with Crippen molar-refractivity contribution >= 4 is 28.4 Å². The van der Waals surface area contributed by atoms with Crippen molar-refractivity contribution in [2.75, 3.05) is 26.2 Å². The monoisotopic (exact) mass is 451 g/mol. The summed E-state index contributed by atoms with van der Waals surface area (Å²) in [5.74, 6) is -3.65. The van der Waals surface area contributed by atoms with E-state index in [9.17, 15) is 10.1 Å². The van der Waals surface area contributed by atoms with E-state index in [0.717, 1.165) is 38.3 Å². The lowest BCUT2D eigenvalue weighted by atomic mass is 10.0. The number of para-hydroxylation sites is 1. The lowest BCUT2D eigenvalue weighted by Crippen LogP contribution is -2.45. The van der Waals surface area contributed by atoms with Gasteiger partial charge in [0.2, 0.25) is 0 Å². The van der Waals surface area contributed by atoms with Gasteiger partial charge in [-0.3, -0.25) is 19.9 Å². The Hall–Kier alpha value is -3.82. The first-order valence-electron chi connectivity index (χ1n) is 10.4. The number of carboxylic acid groups (broad SMARTS) is 2. The van der Waals surface area contributed by atoms with Gasteiger partial charge >= 0.3 is 11.9 Å². The molecule has 33 heavy (non-hydrogen) atoms. The van der Waals surface area contributed by atoms with Gasteiger partial charge in [-0.1, -0.05) is 60.7 Å². The molecule has 4 rings (SSSR count). The van der Waals surface area contributed by atoms with Gasteiger partial charge in [0.15, 0.2) is 0 Å². The third-order valence-electron chi connectivity index (χ3n) is 5.50. The number of piperazine rings is 1. The second-order valence-electron chi connectivity index (χ2n) is 7.69. The summed E-state index contributed by atoms with van der Waals surface area (Å²) >= 11 is 0. The highest BCUT2D eigenvalue weighted by molar-refractivity contribution is 6.27. The van der Waals surface area contributed by atoms with E-state index in [-0.39, 0.29) is 10.6 Å². The van der Waals surface area contributed by atoms with Crippen LogP contribution in [0.4, 0.5) is 5.69 Å². The first-order chi connectivity index (χ1) is 15.8. The summed E-state index contributed by atoms with van der Waals surface area (Å²) in [6.45, 7) is 5.39. The maximum Gasteiger partial charge on any atom is 0.414 e. The number of hydrogen-bond donors (Lipinski definition) is 2. The molecule has 3 aromatic rings. The molecule has 1 aliphatic heterocycles. The van der Waals surface area contributed by atoms with Gasteiger partial charge in [0.25, 0.3) is 5.69 Å². The van der Waals surface area contributed by atoms with Crippen molar-refractivity contribution in [1.82, 2.24) is 9.80 Å². The molecule has 172 valence electrons. The number of carbonyl (C=O) groups is 2. The second kappa shape index (κ2) is 11.2. The largest absolute Gasteiger partial charge is 0.473 e. The molecule has 0 saturated carbocycles. The van der Waals surface area contributed by atoms with Crippen LogP contribution in [0.1, 0.15) is 11.1 Å². The zero-order valence-electron chi connectivity index (χ0n) is 18.0. The standard InChI is InChI=1S/C22H23N3O2.C2H2O4/c26-25(27)22-11-4-2-7-20(22)17-24-14-12-23(13-15-24)16-19-9-5-8-18-6-1-3-10-21(18)19;3-1(4)2(5)6/h1-11H,12-17H2;(H,3,4)(H,5,6). The minimum atomic E-state index is -1.82. The van der Waals surface area contributed by atoms with Gasteiger partial charge in [-0.2, -0.15) is 0 Å². The quantitative estimate of drug-likeness (QED) is 0.344. The second-order valence-corrected chi connectivity index (χ2v) is 7.69. The van der Waals surface area contributed by atoms with Crippen LogP contribution < -0.4 is 0 Å². The maximum absolute atomic E-state index is 11.2. The van der Waals surface area contributed by atoms with Gasteiger partial charge in [-0.25, -0.2) is 9.59 Å². The molecule has 2 N–H and O–H groups in total. The molecule has 0 unspecified atom stereocenters. The molecule has 9 heteroatoms. The van der Waals surface area contributed by atoms with Crippen LogP contribution in [0.15, 0.2) is 66.7 Å². The first-order valence-corrected chi connectivity index (χ1v) is 10.4. The SMILES string of the molecule is O=C(O)C(=O)O.O=[N+]([O-])c1ccccc1CN1CCN(Cc2cccc3ccccc23)CC1. The average Bonchev–Trinajstić information content (AvgIpc) is 2.81. The highest BCUT2D eigenvalue weighted by atomic mass is 16.6. The van der Waals surface area contributed by atoms with E-state index >= 15 is 0 Å². The van der Waals surface area contributed by atoms with Crippen molar-refractivity contribution in [1.29, 1.82) is 0 Å². The lowest BCUT2D eigenvalue weighted by Gasteiger charge is -2.34. The molecular weight excluding hydrogens is 426 g/mol. The molecule has 0 aliphatic carbocycles. The fraction of sp³-hybridized carbons (Fsp3) is 0.250. The van der Waals surface area contributed by atoms with Crippen LogP contribution >= 0.6 is 0 Å². The molecule has 1 aliphatic rings. The summed E-state index contributed by atoms with van der Waals surface area (Å²) < 4.78 is 0. The van der Waals surface area contributed by atoms with Gasteiger partial charge in [-0.15, -0.1) is 0 Å². The molecule has 1 saturated heterocycles. The smallest absolute Gasteiger partial charge is 0.414 e. The van der Waals surface area contributed by atoms with Gasteiger partial charge in [-0.05, 0) is 16.3 Å². The van der Waals surface area contributed by atoms with Crippen molar-refractivity contribution in [2.45, 2.75) is 13.1 Å². The van der Waals surface area contributed by atoms with E-state index in [1.54, 1.807) is 12.1 Å². The number of benzene rings is 3. The Kier molecular flexibility index (Phi) is 8.06. The number of carboxylic acids is 2. The molecule has 3 aromatic carbocycles. The normalized spacial score (nSPS) is 14.3. The third-order valence-corrected chi connectivity index (χ3v) is 5.50. The zero-order valence-corrected chi connectivity index (χ0v) is 18.0. The van der Waals surface area contributed by atoms with Gasteiger partial charge in [0.1, 0.15) is 0 Å². The Morgan fingerprint density at radius 2 is 1.24 bits per heavy atom. The molecule has 1 heterocycles. The van der Waals surface area contributed by atoms with E-state index in [2.05, 4.69) is 52.3 Å². The van der Waals surface area contributed by atoms with E-state index in [0.29, 0.717) is 6.54 Å². The van der Waals surface area contributed by atoms with Crippen molar-refractivity contribution < 1.29 is 24.7 Å². The predicted octanol–water partition coefficient (Wildman–Crippen LogP) is 3.22. The predicted molar refractivity (Wildman–Crippen MR) is 123 cm³/mol. The summed E-state index contributed by atoms with van der Waals surface area (Å²) in [4.78, 5) is 33.9. The van der Waals surface area contributed by atoms with Crippen LogP contribution in [0, 0.1) is 10.1 Å². The summed E-state index contributed by atoms with van der Waals surface area (Å²) in [5, 5.41) is 28.6. The van der Waals surface area contributed by atoms with Crippen LogP contribution in [0.5, 0.6) is 0 Å². The first kappa shape index (κ1) is 23.8. The number of fused-ring (bicyclic) bond motifs is 1. The summed E-state index contributed by atoms with van der Waals surface area (Å²) in [6.07, 6.45) is 0. The molecule has 0 aromatic heterocycles. The summed E-state index contributed by atoms with van der Waals surface area (Å²) in [7, 11) is 0. The molecule has 0 bridgehead atoms. The van der Waals surface area contributed by atoms with Crippen LogP contribution in [0.3, 0.4) is 0 Å². The molecular formula is C24H25N3O6. The van der Waals surface area contributed by atoms with Gasteiger partial charge < -0.3 is 10.2 Å². The Morgan fingerprint density at radius 1 is 0.758 bits per heavy atom. The highest BCUT2D eigenvalue weighted by Crippen LogP contribution is 2.22. The Bertz CT molecular complexity index is 1120. The van der Waals surface area contributed by atoms with Crippen LogP contribution in [0.2, 0.25) is 0 Å². The van der Waals surface area contributed by atoms with E-state index < -0.39 is 11.9 Å². The summed E-state index contributed by atoms with van der Waals surface area (Å²) in [5.41, 5.74) is 2.38. The Morgan fingerprint density at radius 3 is 1.85 bits per heavy atom. The topological polar surface area (TPSA) is 124 Å². The maximum atomic E-state index is 11.2. The van der Waals surface area contributed by atoms with E-state index in [1.807, 2.05) is 12.1 Å². The molecule has 0 atom stereocenters. The number of nitrogens with zero attached hydrogens (tertiary/aromatic N) is 3. The zero-order chi connectivity index (χ0) is 23.8. The van der Waals surface area contributed by atoms with Crippen molar-refractivity contribution in [3.8, 4) is 0 Å². The van der Waals surface area contributed by atoms with Gasteiger partial charge in [0.05, 0.1) is 4.92 Å². The molecule has 0 amide bonds. The number of aliphatic carboxylic acids is 2. The van der Waals surface area contributed by atoms with E-state index in [1.165, 1.54) is 16.3 Å². The van der Waals surface area contributed by atoms with Crippen molar-refractivity contribution in [2.24, 2.45) is 0 Å². The average molecular weight is 451 g/mol. The third kappa shape index (κ3) is 6.58. The molecule has 1 fully saturated rings. The minimum Gasteiger partial charge on any atom is -0.473 e.